The number of morpholine rings is 1. The van der Waals surface area contributed by atoms with Crippen LogP contribution in [0, 0.1) is 0 Å². The Bertz CT molecular complexity index is 620. The Balaban J connectivity index is 1.80. The second kappa shape index (κ2) is 4.79. The van der Waals surface area contributed by atoms with Crippen molar-refractivity contribution in [3.05, 3.63) is 30.0 Å². The van der Waals surface area contributed by atoms with Crippen molar-refractivity contribution in [3.8, 4) is 5.75 Å². The summed E-state index contributed by atoms with van der Waals surface area (Å²) in [6.07, 6.45) is 3.30. The summed E-state index contributed by atoms with van der Waals surface area (Å²) in [7, 11) is 0. The molecule has 1 saturated heterocycles. The minimum atomic E-state index is 0.138. The predicted octanol–water partition coefficient (Wildman–Crippen LogP) is 2.71. The number of hydrogen-bond donors (Lipinski definition) is 1. The molecule has 4 rings (SSSR count). The molecule has 1 N–H and O–H groups in total. The minimum absolute atomic E-state index is 0.138. The lowest BCUT2D eigenvalue weighted by Gasteiger charge is -2.44. The Labute approximate surface area is 118 Å². The van der Waals surface area contributed by atoms with Crippen molar-refractivity contribution in [3.63, 3.8) is 0 Å². The number of H-pyrrole nitrogens is 1. The number of nitrogens with one attached hydrogen (secondary N) is 1. The summed E-state index contributed by atoms with van der Waals surface area (Å²) in [6, 6.07) is 6.62. The van der Waals surface area contributed by atoms with E-state index in [1.165, 1.54) is 17.4 Å². The summed E-state index contributed by atoms with van der Waals surface area (Å²) in [5.74, 6) is 0.983. The highest BCUT2D eigenvalue weighted by Gasteiger charge is 2.39. The molecular weight excluding hydrogens is 252 g/mol. The normalized spacial score (nSPS) is 26.1. The molecule has 4 nitrogen and oxygen atoms in total. The molecule has 2 unspecified atom stereocenters. The van der Waals surface area contributed by atoms with Crippen molar-refractivity contribution in [2.45, 2.75) is 25.5 Å². The quantitative estimate of drug-likeness (QED) is 0.913. The van der Waals surface area contributed by atoms with Crippen LogP contribution in [-0.4, -0.2) is 42.2 Å². The van der Waals surface area contributed by atoms with Crippen LogP contribution in [0.5, 0.6) is 5.75 Å². The molecule has 1 aromatic heterocycles. The van der Waals surface area contributed by atoms with Gasteiger partial charge in [0.15, 0.2) is 0 Å². The number of fused-ring (bicyclic) bond motifs is 5. The SMILES string of the molecule is CCCN1CCOC2c3c(ccc4[nH]ccc34)OCC21. The van der Waals surface area contributed by atoms with E-state index in [2.05, 4.69) is 35.0 Å². The summed E-state index contributed by atoms with van der Waals surface area (Å²) in [4.78, 5) is 5.79. The highest BCUT2D eigenvalue weighted by molar-refractivity contribution is 5.86. The Hall–Kier alpha value is -1.52. The molecule has 0 aliphatic carbocycles. The van der Waals surface area contributed by atoms with Crippen molar-refractivity contribution in [1.82, 2.24) is 9.88 Å². The Morgan fingerprint density at radius 2 is 2.30 bits per heavy atom. The average molecular weight is 272 g/mol. The van der Waals surface area contributed by atoms with Crippen molar-refractivity contribution in [1.29, 1.82) is 0 Å². The van der Waals surface area contributed by atoms with Crippen LogP contribution in [0.1, 0.15) is 25.0 Å². The summed E-state index contributed by atoms with van der Waals surface area (Å²) < 4.78 is 12.1. The molecule has 2 atom stereocenters. The van der Waals surface area contributed by atoms with E-state index in [9.17, 15) is 0 Å². The first-order valence-electron chi connectivity index (χ1n) is 7.47. The van der Waals surface area contributed by atoms with Crippen LogP contribution in [0.25, 0.3) is 10.9 Å². The van der Waals surface area contributed by atoms with Gasteiger partial charge in [-0.2, -0.15) is 0 Å². The van der Waals surface area contributed by atoms with Crippen molar-refractivity contribution in [2.24, 2.45) is 0 Å². The monoisotopic (exact) mass is 272 g/mol. The molecule has 1 fully saturated rings. The molecule has 106 valence electrons. The first kappa shape index (κ1) is 12.2. The fraction of sp³-hybridized carbons (Fsp3) is 0.500. The largest absolute Gasteiger partial charge is 0.491 e. The van der Waals surface area contributed by atoms with Crippen molar-refractivity contribution < 1.29 is 9.47 Å². The maximum Gasteiger partial charge on any atom is 0.126 e. The Morgan fingerprint density at radius 3 is 3.20 bits per heavy atom. The summed E-state index contributed by atoms with van der Waals surface area (Å²) >= 11 is 0. The number of aromatic amines is 1. The van der Waals surface area contributed by atoms with Gasteiger partial charge in [-0.15, -0.1) is 0 Å². The zero-order valence-electron chi connectivity index (χ0n) is 11.8. The van der Waals surface area contributed by atoms with Crippen LogP contribution in [0.15, 0.2) is 24.4 Å². The van der Waals surface area contributed by atoms with E-state index in [1.54, 1.807) is 0 Å². The van der Waals surface area contributed by atoms with E-state index >= 15 is 0 Å². The van der Waals surface area contributed by atoms with Crippen LogP contribution in [-0.2, 0) is 4.74 Å². The van der Waals surface area contributed by atoms with Gasteiger partial charge < -0.3 is 14.5 Å². The molecule has 0 bridgehead atoms. The number of aromatic nitrogens is 1. The Kier molecular flexibility index (Phi) is 2.93. The third-order valence-corrected chi connectivity index (χ3v) is 4.44. The third kappa shape index (κ3) is 1.75. The van der Waals surface area contributed by atoms with Gasteiger partial charge in [0.2, 0.25) is 0 Å². The number of hydrogen-bond acceptors (Lipinski definition) is 3. The maximum atomic E-state index is 6.13. The van der Waals surface area contributed by atoms with E-state index in [1.807, 2.05) is 6.20 Å². The lowest BCUT2D eigenvalue weighted by Crippen LogP contribution is -2.52. The van der Waals surface area contributed by atoms with Gasteiger partial charge in [-0.3, -0.25) is 4.90 Å². The third-order valence-electron chi connectivity index (χ3n) is 4.44. The first-order valence-corrected chi connectivity index (χ1v) is 7.47. The molecule has 3 heterocycles. The van der Waals surface area contributed by atoms with E-state index in [-0.39, 0.29) is 6.10 Å². The molecule has 2 aliphatic rings. The highest BCUT2D eigenvalue weighted by Crippen LogP contribution is 2.42. The lowest BCUT2D eigenvalue weighted by molar-refractivity contribution is -0.0948. The standard InChI is InChI=1S/C16H20N2O2/c1-2-7-18-8-9-19-16-13(18)10-20-14-4-3-12-11(15(14)16)5-6-17-12/h3-6,13,16-17H,2,7-10H2,1H3. The number of ether oxygens (including phenoxy) is 2. The molecule has 1 aromatic carbocycles. The average Bonchev–Trinajstić information content (AvgIpc) is 2.96. The van der Waals surface area contributed by atoms with Crippen molar-refractivity contribution >= 4 is 10.9 Å². The van der Waals surface area contributed by atoms with Crippen LogP contribution in [0.4, 0.5) is 0 Å². The van der Waals surface area contributed by atoms with Gasteiger partial charge in [-0.1, -0.05) is 6.92 Å². The molecule has 0 amide bonds. The summed E-state index contributed by atoms with van der Waals surface area (Å²) in [6.45, 7) is 5.89. The molecule has 4 heteroatoms. The number of nitrogens with zero attached hydrogens (tertiary/aromatic N) is 1. The topological polar surface area (TPSA) is 37.5 Å². The molecule has 0 spiro atoms. The van der Waals surface area contributed by atoms with E-state index in [4.69, 9.17) is 9.47 Å². The fourth-order valence-electron chi connectivity index (χ4n) is 3.53. The summed E-state index contributed by atoms with van der Waals surface area (Å²) in [5.41, 5.74) is 2.38. The fourth-order valence-corrected chi connectivity index (χ4v) is 3.53. The van der Waals surface area contributed by atoms with E-state index in [0.29, 0.717) is 6.04 Å². The van der Waals surface area contributed by atoms with Crippen LogP contribution < -0.4 is 4.74 Å². The smallest absolute Gasteiger partial charge is 0.126 e. The molecule has 2 aliphatic heterocycles. The zero-order valence-corrected chi connectivity index (χ0v) is 11.8. The van der Waals surface area contributed by atoms with Gasteiger partial charge in [-0.05, 0) is 31.2 Å². The van der Waals surface area contributed by atoms with Gasteiger partial charge in [0.1, 0.15) is 18.5 Å². The Morgan fingerprint density at radius 1 is 1.35 bits per heavy atom. The second-order valence-corrected chi connectivity index (χ2v) is 5.62. The van der Waals surface area contributed by atoms with Crippen LogP contribution in [0.2, 0.25) is 0 Å². The molecular formula is C16H20N2O2. The van der Waals surface area contributed by atoms with Crippen LogP contribution >= 0.6 is 0 Å². The second-order valence-electron chi connectivity index (χ2n) is 5.62. The molecule has 0 radical (unpaired) electrons. The minimum Gasteiger partial charge on any atom is -0.491 e. The van der Waals surface area contributed by atoms with Gasteiger partial charge >= 0.3 is 0 Å². The van der Waals surface area contributed by atoms with E-state index < -0.39 is 0 Å². The summed E-state index contributed by atoms with van der Waals surface area (Å²) in [5, 5.41) is 1.23. The van der Waals surface area contributed by atoms with Gasteiger partial charge in [0.25, 0.3) is 0 Å². The molecule has 2 aromatic rings. The van der Waals surface area contributed by atoms with Crippen molar-refractivity contribution in [2.75, 3.05) is 26.3 Å². The maximum absolute atomic E-state index is 6.13. The predicted molar refractivity (Wildman–Crippen MR) is 78.1 cm³/mol. The van der Waals surface area contributed by atoms with Gasteiger partial charge in [-0.25, -0.2) is 0 Å². The number of benzene rings is 1. The molecule has 0 saturated carbocycles. The highest BCUT2D eigenvalue weighted by atomic mass is 16.5. The van der Waals surface area contributed by atoms with E-state index in [0.717, 1.165) is 37.6 Å². The molecule has 20 heavy (non-hydrogen) atoms. The zero-order chi connectivity index (χ0) is 13.5. The van der Waals surface area contributed by atoms with Crippen LogP contribution in [0.3, 0.4) is 0 Å². The number of rotatable bonds is 2. The lowest BCUT2D eigenvalue weighted by atomic mass is 9.93. The first-order chi connectivity index (χ1) is 9.88. The van der Waals surface area contributed by atoms with Gasteiger partial charge in [0, 0.05) is 29.2 Å². The van der Waals surface area contributed by atoms with Gasteiger partial charge in [0.05, 0.1) is 12.6 Å².